The van der Waals surface area contributed by atoms with E-state index in [-0.39, 0.29) is 5.97 Å². The summed E-state index contributed by atoms with van der Waals surface area (Å²) in [6.45, 7) is 4.66. The van der Waals surface area contributed by atoms with Gasteiger partial charge in [0.15, 0.2) is 0 Å². The molecule has 0 amide bonds. The maximum Gasteiger partial charge on any atom is 0.336 e. The number of hydrogen-bond donors (Lipinski definition) is 0. The molecule has 2 aromatic rings. The van der Waals surface area contributed by atoms with E-state index in [9.17, 15) is 9.59 Å². The number of hydrogen-bond acceptors (Lipinski definition) is 5. The van der Waals surface area contributed by atoms with E-state index < -0.39 is 5.97 Å². The third-order valence-electron chi connectivity index (χ3n) is 4.11. The minimum atomic E-state index is -0.487. The van der Waals surface area contributed by atoms with E-state index >= 15 is 0 Å². The van der Waals surface area contributed by atoms with Crippen molar-refractivity contribution in [1.29, 1.82) is 0 Å². The van der Waals surface area contributed by atoms with Gasteiger partial charge in [-0.3, -0.25) is 4.79 Å². The second kappa shape index (κ2) is 12.4. The van der Waals surface area contributed by atoms with Gasteiger partial charge >= 0.3 is 11.9 Å². The van der Waals surface area contributed by atoms with E-state index in [0.29, 0.717) is 24.5 Å². The lowest BCUT2D eigenvalue weighted by molar-refractivity contribution is -0.134. The van der Waals surface area contributed by atoms with Crippen molar-refractivity contribution in [2.45, 2.75) is 46.0 Å². The van der Waals surface area contributed by atoms with Crippen molar-refractivity contribution in [3.05, 3.63) is 60.2 Å². The summed E-state index contributed by atoms with van der Waals surface area (Å²) in [5.41, 5.74) is 0.867. The van der Waals surface area contributed by atoms with E-state index in [2.05, 4.69) is 6.92 Å². The highest BCUT2D eigenvalue weighted by molar-refractivity contribution is 5.88. The van der Waals surface area contributed by atoms with Gasteiger partial charge in [-0.2, -0.15) is 0 Å². The van der Waals surface area contributed by atoms with Gasteiger partial charge in [0.05, 0.1) is 6.61 Å². The number of ether oxygens (including phenoxy) is 3. The monoisotopic (exact) mass is 396 g/mol. The van der Waals surface area contributed by atoms with Gasteiger partial charge in [0.2, 0.25) is 0 Å². The Kier molecular flexibility index (Phi) is 9.49. The number of benzene rings is 2. The zero-order valence-corrected chi connectivity index (χ0v) is 17.1. The van der Waals surface area contributed by atoms with Crippen molar-refractivity contribution in [1.82, 2.24) is 0 Å². The molecule has 0 spiro atoms. The Balaban J connectivity index is 1.79. The van der Waals surface area contributed by atoms with Crippen LogP contribution in [-0.4, -0.2) is 18.5 Å². The van der Waals surface area contributed by atoms with Gasteiger partial charge in [0, 0.05) is 12.5 Å². The average Bonchev–Trinajstić information content (AvgIpc) is 2.72. The number of rotatable bonds is 11. The normalized spacial score (nSPS) is 10.7. The lowest BCUT2D eigenvalue weighted by Gasteiger charge is -2.06. The van der Waals surface area contributed by atoms with Crippen LogP contribution in [0, 0.1) is 0 Å². The molecule has 0 heterocycles. The number of carbonyl (C=O) groups is 2. The molecular formula is C24H28O5. The summed E-state index contributed by atoms with van der Waals surface area (Å²) in [6.07, 6.45) is 7.57. The average molecular weight is 396 g/mol. The molecule has 0 saturated carbocycles. The minimum absolute atomic E-state index is 0.246. The molecule has 5 heteroatoms. The van der Waals surface area contributed by atoms with E-state index in [1.807, 2.05) is 31.2 Å². The summed E-state index contributed by atoms with van der Waals surface area (Å²) in [4.78, 5) is 23.8. The molecule has 0 N–H and O–H groups in total. The van der Waals surface area contributed by atoms with Gasteiger partial charge in [-0.25, -0.2) is 4.79 Å². The van der Waals surface area contributed by atoms with Crippen LogP contribution in [0.5, 0.6) is 17.2 Å². The lowest BCUT2D eigenvalue weighted by Crippen LogP contribution is -2.07. The first-order valence-electron chi connectivity index (χ1n) is 10.0. The summed E-state index contributed by atoms with van der Waals surface area (Å²) in [6, 6.07) is 13.8. The molecule has 0 radical (unpaired) electrons. The molecule has 2 aromatic carbocycles. The first-order valence-corrected chi connectivity index (χ1v) is 10.0. The van der Waals surface area contributed by atoms with Crippen LogP contribution in [0.3, 0.4) is 0 Å². The van der Waals surface area contributed by atoms with Crippen molar-refractivity contribution in [3.63, 3.8) is 0 Å². The molecule has 29 heavy (non-hydrogen) atoms. The Hall–Kier alpha value is -3.08. The summed E-state index contributed by atoms with van der Waals surface area (Å²) in [7, 11) is 0. The smallest absolute Gasteiger partial charge is 0.336 e. The highest BCUT2D eigenvalue weighted by atomic mass is 16.5. The fraction of sp³-hybridized carbons (Fsp3) is 0.333. The Morgan fingerprint density at radius 2 is 1.41 bits per heavy atom. The zero-order chi connectivity index (χ0) is 20.9. The van der Waals surface area contributed by atoms with E-state index in [1.54, 1.807) is 30.3 Å². The topological polar surface area (TPSA) is 61.8 Å². The zero-order valence-electron chi connectivity index (χ0n) is 17.1. The molecule has 0 aliphatic rings. The molecule has 0 aliphatic heterocycles. The van der Waals surface area contributed by atoms with E-state index in [0.717, 1.165) is 37.0 Å². The lowest BCUT2D eigenvalue weighted by atomic mass is 10.1. The van der Waals surface area contributed by atoms with E-state index in [1.165, 1.54) is 6.08 Å². The van der Waals surface area contributed by atoms with E-state index in [4.69, 9.17) is 14.2 Å². The second-order valence-corrected chi connectivity index (χ2v) is 6.51. The van der Waals surface area contributed by atoms with Crippen LogP contribution >= 0.6 is 0 Å². The summed E-state index contributed by atoms with van der Waals surface area (Å²) in [5, 5.41) is 0. The van der Waals surface area contributed by atoms with Crippen molar-refractivity contribution in [2.24, 2.45) is 0 Å². The summed E-state index contributed by atoms with van der Waals surface area (Å²) >= 11 is 0. The quantitative estimate of drug-likeness (QED) is 0.215. The largest absolute Gasteiger partial charge is 0.494 e. The Morgan fingerprint density at radius 3 is 2.03 bits per heavy atom. The standard InChI is InChI=1S/C24H28O5/c1-3-5-6-7-8-23(25)28-21-14-16-22(17-15-21)29-24(26)18-11-19-9-12-20(13-10-19)27-4-2/h9-18H,3-8H2,1-2H3. The van der Waals surface area contributed by atoms with Crippen LogP contribution < -0.4 is 14.2 Å². The molecule has 2 rings (SSSR count). The predicted octanol–water partition coefficient (Wildman–Crippen LogP) is 5.58. The first-order chi connectivity index (χ1) is 14.1. The van der Waals surface area contributed by atoms with Gasteiger partial charge in [0.25, 0.3) is 0 Å². The third-order valence-corrected chi connectivity index (χ3v) is 4.11. The molecule has 0 atom stereocenters. The highest BCUT2D eigenvalue weighted by Gasteiger charge is 2.06. The molecular weight excluding hydrogens is 368 g/mol. The molecule has 0 unspecified atom stereocenters. The fourth-order valence-corrected chi connectivity index (χ4v) is 2.61. The molecule has 5 nitrogen and oxygen atoms in total. The van der Waals surface area contributed by atoms with Gasteiger partial charge < -0.3 is 14.2 Å². The van der Waals surface area contributed by atoms with Crippen molar-refractivity contribution < 1.29 is 23.8 Å². The molecule has 0 aromatic heterocycles. The molecule has 154 valence electrons. The minimum Gasteiger partial charge on any atom is -0.494 e. The number of carbonyl (C=O) groups excluding carboxylic acids is 2. The predicted molar refractivity (Wildman–Crippen MR) is 113 cm³/mol. The van der Waals surface area contributed by atoms with Crippen LogP contribution in [0.1, 0.15) is 51.5 Å². The van der Waals surface area contributed by atoms with Gasteiger partial charge in [-0.1, -0.05) is 38.3 Å². The second-order valence-electron chi connectivity index (χ2n) is 6.51. The molecule has 0 aliphatic carbocycles. The SMILES string of the molecule is CCCCCCC(=O)Oc1ccc(OC(=O)C=Cc2ccc(OCC)cc2)cc1. The van der Waals surface area contributed by atoms with Crippen LogP contribution in [0.4, 0.5) is 0 Å². The Bertz CT molecular complexity index is 791. The summed E-state index contributed by atoms with van der Waals surface area (Å²) < 4.78 is 15.9. The maximum absolute atomic E-state index is 12.0. The van der Waals surface area contributed by atoms with Gasteiger partial charge in [-0.15, -0.1) is 0 Å². The first kappa shape index (κ1) is 22.2. The van der Waals surface area contributed by atoms with Crippen molar-refractivity contribution in [2.75, 3.05) is 6.61 Å². The van der Waals surface area contributed by atoms with Crippen LogP contribution in [0.2, 0.25) is 0 Å². The Morgan fingerprint density at radius 1 is 0.793 bits per heavy atom. The maximum atomic E-state index is 12.0. The molecule has 0 saturated heterocycles. The van der Waals surface area contributed by atoms with Crippen LogP contribution in [0.25, 0.3) is 6.08 Å². The number of unbranched alkanes of at least 4 members (excludes halogenated alkanes) is 3. The molecule has 0 bridgehead atoms. The third kappa shape index (κ3) is 8.64. The number of esters is 2. The van der Waals surface area contributed by atoms with Gasteiger partial charge in [-0.05, 0) is 61.4 Å². The summed E-state index contributed by atoms with van der Waals surface area (Å²) in [5.74, 6) is 0.877. The van der Waals surface area contributed by atoms with Gasteiger partial charge in [0.1, 0.15) is 17.2 Å². The molecule has 0 fully saturated rings. The van der Waals surface area contributed by atoms with Crippen molar-refractivity contribution in [3.8, 4) is 17.2 Å². The highest BCUT2D eigenvalue weighted by Crippen LogP contribution is 2.19. The van der Waals surface area contributed by atoms with Crippen LogP contribution in [0.15, 0.2) is 54.6 Å². The Labute approximate surface area is 172 Å². The fourth-order valence-electron chi connectivity index (χ4n) is 2.61. The van der Waals surface area contributed by atoms with Crippen LogP contribution in [-0.2, 0) is 9.59 Å². The van der Waals surface area contributed by atoms with Crippen molar-refractivity contribution >= 4 is 18.0 Å².